The van der Waals surface area contributed by atoms with Crippen LogP contribution in [0.25, 0.3) is 0 Å². The lowest BCUT2D eigenvalue weighted by atomic mass is 9.99. The van der Waals surface area contributed by atoms with Gasteiger partial charge in [0.25, 0.3) is 0 Å². The van der Waals surface area contributed by atoms with E-state index in [4.69, 9.17) is 0 Å². The Morgan fingerprint density at radius 3 is 2.33 bits per heavy atom. The maximum atomic E-state index is 11.1. The van der Waals surface area contributed by atoms with Crippen LogP contribution >= 0.6 is 0 Å². The van der Waals surface area contributed by atoms with Crippen LogP contribution in [0.5, 0.6) is 0 Å². The van der Waals surface area contributed by atoms with Gasteiger partial charge in [-0.1, -0.05) is 32.9 Å². The Labute approximate surface area is 91.7 Å². The summed E-state index contributed by atoms with van der Waals surface area (Å²) in [7, 11) is 0. The van der Waals surface area contributed by atoms with Crippen molar-refractivity contribution in [2.45, 2.75) is 39.5 Å². The molecule has 0 radical (unpaired) electrons. The molecule has 82 valence electrons. The van der Waals surface area contributed by atoms with E-state index in [1.165, 1.54) is 5.56 Å². The van der Waals surface area contributed by atoms with E-state index in [0.29, 0.717) is 12.3 Å². The first-order chi connectivity index (χ1) is 7.17. The molecule has 1 amide bonds. The minimum Gasteiger partial charge on any atom is -0.326 e. The Morgan fingerprint density at radius 1 is 1.27 bits per heavy atom. The molecule has 1 atom stereocenters. The maximum Gasteiger partial charge on any atom is 0.224 e. The summed E-state index contributed by atoms with van der Waals surface area (Å²) in [6, 6.07) is 8.10. The van der Waals surface area contributed by atoms with Gasteiger partial charge < -0.3 is 5.32 Å². The van der Waals surface area contributed by atoms with E-state index in [9.17, 15) is 4.79 Å². The molecular formula is C13H19NO. The van der Waals surface area contributed by atoms with Crippen molar-refractivity contribution < 1.29 is 4.79 Å². The Morgan fingerprint density at radius 2 is 1.87 bits per heavy atom. The lowest BCUT2D eigenvalue weighted by Gasteiger charge is -2.10. The van der Waals surface area contributed by atoms with Gasteiger partial charge in [-0.2, -0.15) is 0 Å². The second kappa shape index (κ2) is 5.54. The largest absolute Gasteiger partial charge is 0.326 e. The van der Waals surface area contributed by atoms with Gasteiger partial charge in [-0.05, 0) is 30.0 Å². The van der Waals surface area contributed by atoms with Gasteiger partial charge >= 0.3 is 0 Å². The molecule has 0 bridgehead atoms. The fourth-order valence-corrected chi connectivity index (χ4v) is 1.38. The highest BCUT2D eigenvalue weighted by molar-refractivity contribution is 5.90. The zero-order valence-corrected chi connectivity index (χ0v) is 9.71. The molecule has 0 spiro atoms. The van der Waals surface area contributed by atoms with Crippen molar-refractivity contribution >= 4 is 11.6 Å². The number of amides is 1. The molecule has 0 aliphatic carbocycles. The van der Waals surface area contributed by atoms with Crippen LogP contribution in [-0.4, -0.2) is 5.91 Å². The summed E-state index contributed by atoms with van der Waals surface area (Å²) >= 11 is 0. The molecule has 2 heteroatoms. The summed E-state index contributed by atoms with van der Waals surface area (Å²) in [5.41, 5.74) is 2.21. The van der Waals surface area contributed by atoms with Gasteiger partial charge in [0.1, 0.15) is 0 Å². The van der Waals surface area contributed by atoms with Crippen LogP contribution in [0.3, 0.4) is 0 Å². The number of hydrogen-bond acceptors (Lipinski definition) is 1. The average molecular weight is 205 g/mol. The van der Waals surface area contributed by atoms with E-state index >= 15 is 0 Å². The fraction of sp³-hybridized carbons (Fsp3) is 0.462. The van der Waals surface area contributed by atoms with Crippen LogP contribution in [0.15, 0.2) is 24.3 Å². The monoisotopic (exact) mass is 205 g/mol. The first kappa shape index (κ1) is 11.8. The molecule has 0 saturated heterocycles. The number of carbonyl (C=O) groups is 1. The normalized spacial score (nSPS) is 12.2. The topological polar surface area (TPSA) is 29.1 Å². The van der Waals surface area contributed by atoms with Crippen molar-refractivity contribution in [1.82, 2.24) is 0 Å². The van der Waals surface area contributed by atoms with Crippen LogP contribution in [-0.2, 0) is 4.79 Å². The molecule has 0 aliphatic heterocycles. The quantitative estimate of drug-likeness (QED) is 0.800. The molecular weight excluding hydrogens is 186 g/mol. The molecule has 2 nitrogen and oxygen atoms in total. The van der Waals surface area contributed by atoms with Gasteiger partial charge in [-0.25, -0.2) is 0 Å². The van der Waals surface area contributed by atoms with Gasteiger partial charge in [0.05, 0.1) is 0 Å². The van der Waals surface area contributed by atoms with Crippen molar-refractivity contribution in [3.63, 3.8) is 0 Å². The second-order valence-corrected chi connectivity index (χ2v) is 3.83. The van der Waals surface area contributed by atoms with Crippen molar-refractivity contribution in [2.75, 3.05) is 5.32 Å². The average Bonchev–Trinajstić information content (AvgIpc) is 2.29. The van der Waals surface area contributed by atoms with Crippen LogP contribution in [0.4, 0.5) is 5.69 Å². The third-order valence-corrected chi connectivity index (χ3v) is 2.70. The minimum atomic E-state index is 0.0614. The van der Waals surface area contributed by atoms with E-state index in [1.54, 1.807) is 0 Å². The van der Waals surface area contributed by atoms with E-state index in [2.05, 4.69) is 31.3 Å². The SMILES string of the molecule is CCC(=O)Nc1ccc([C@H](C)CC)cc1. The van der Waals surface area contributed by atoms with E-state index in [1.807, 2.05) is 19.1 Å². The first-order valence-corrected chi connectivity index (χ1v) is 5.57. The zero-order chi connectivity index (χ0) is 11.3. The number of rotatable bonds is 4. The Bertz CT molecular complexity index is 316. The Balaban J connectivity index is 2.68. The van der Waals surface area contributed by atoms with Crippen molar-refractivity contribution in [1.29, 1.82) is 0 Å². The number of carbonyl (C=O) groups excluding carboxylic acids is 1. The fourth-order valence-electron chi connectivity index (χ4n) is 1.38. The number of anilines is 1. The van der Waals surface area contributed by atoms with Gasteiger partial charge in [-0.15, -0.1) is 0 Å². The smallest absolute Gasteiger partial charge is 0.224 e. The molecule has 0 saturated carbocycles. The molecule has 1 aromatic carbocycles. The van der Waals surface area contributed by atoms with Gasteiger partial charge in [0, 0.05) is 12.1 Å². The first-order valence-electron chi connectivity index (χ1n) is 5.57. The molecule has 15 heavy (non-hydrogen) atoms. The summed E-state index contributed by atoms with van der Waals surface area (Å²) in [4.78, 5) is 11.1. The Hall–Kier alpha value is -1.31. The molecule has 0 unspecified atom stereocenters. The van der Waals surface area contributed by atoms with Crippen molar-refractivity contribution in [3.8, 4) is 0 Å². The highest BCUT2D eigenvalue weighted by Gasteiger charge is 2.03. The minimum absolute atomic E-state index is 0.0614. The molecule has 0 heterocycles. The number of hydrogen-bond donors (Lipinski definition) is 1. The van der Waals surface area contributed by atoms with E-state index in [0.717, 1.165) is 12.1 Å². The molecule has 1 aromatic rings. The lowest BCUT2D eigenvalue weighted by molar-refractivity contribution is -0.115. The Kier molecular flexibility index (Phi) is 4.35. The van der Waals surface area contributed by atoms with Gasteiger partial charge in [0.15, 0.2) is 0 Å². The molecule has 0 aliphatic rings. The van der Waals surface area contributed by atoms with Gasteiger partial charge in [0.2, 0.25) is 5.91 Å². The van der Waals surface area contributed by atoms with Crippen molar-refractivity contribution in [3.05, 3.63) is 29.8 Å². The third-order valence-electron chi connectivity index (χ3n) is 2.70. The standard InChI is InChI=1S/C13H19NO/c1-4-10(3)11-6-8-12(9-7-11)14-13(15)5-2/h6-10H,4-5H2,1-3H3,(H,14,15)/t10-/m1/s1. The van der Waals surface area contributed by atoms with Crippen LogP contribution in [0, 0.1) is 0 Å². The van der Waals surface area contributed by atoms with Crippen LogP contribution in [0.1, 0.15) is 45.1 Å². The van der Waals surface area contributed by atoms with E-state index in [-0.39, 0.29) is 5.91 Å². The molecule has 1 rings (SSSR count). The zero-order valence-electron chi connectivity index (χ0n) is 9.71. The predicted molar refractivity (Wildman–Crippen MR) is 64.1 cm³/mol. The highest BCUT2D eigenvalue weighted by atomic mass is 16.1. The summed E-state index contributed by atoms with van der Waals surface area (Å²) < 4.78 is 0. The number of nitrogens with one attached hydrogen (secondary N) is 1. The highest BCUT2D eigenvalue weighted by Crippen LogP contribution is 2.20. The van der Waals surface area contributed by atoms with Gasteiger partial charge in [-0.3, -0.25) is 4.79 Å². The summed E-state index contributed by atoms with van der Waals surface area (Å²) in [5.74, 6) is 0.646. The van der Waals surface area contributed by atoms with Crippen LogP contribution in [0.2, 0.25) is 0 Å². The third kappa shape index (κ3) is 3.39. The summed E-state index contributed by atoms with van der Waals surface area (Å²) in [6.07, 6.45) is 1.66. The molecule has 1 N–H and O–H groups in total. The van der Waals surface area contributed by atoms with Crippen molar-refractivity contribution in [2.24, 2.45) is 0 Å². The second-order valence-electron chi connectivity index (χ2n) is 3.83. The predicted octanol–water partition coefficient (Wildman–Crippen LogP) is 3.55. The lowest BCUT2D eigenvalue weighted by Crippen LogP contribution is -2.09. The molecule has 0 aromatic heterocycles. The maximum absolute atomic E-state index is 11.1. The summed E-state index contributed by atoms with van der Waals surface area (Å²) in [6.45, 7) is 6.24. The van der Waals surface area contributed by atoms with Crippen LogP contribution < -0.4 is 5.32 Å². The van der Waals surface area contributed by atoms with E-state index < -0.39 is 0 Å². The summed E-state index contributed by atoms with van der Waals surface area (Å²) in [5, 5.41) is 2.84. The molecule has 0 fully saturated rings. The number of benzene rings is 1.